The second-order valence-corrected chi connectivity index (χ2v) is 11.2. The zero-order chi connectivity index (χ0) is 25.1. The van der Waals surface area contributed by atoms with Crippen LogP contribution in [0.5, 0.6) is 5.75 Å². The summed E-state index contributed by atoms with van der Waals surface area (Å²) in [4.78, 5) is 16.9. The topological polar surface area (TPSA) is 70.2 Å². The molecule has 2 fully saturated rings. The molecule has 0 unspecified atom stereocenters. The molecule has 1 aromatic rings. The quantitative estimate of drug-likeness (QED) is 0.569. The van der Waals surface area contributed by atoms with E-state index in [-0.39, 0.29) is 29.6 Å². The lowest BCUT2D eigenvalue weighted by Gasteiger charge is -2.40. The van der Waals surface area contributed by atoms with Crippen molar-refractivity contribution in [2.75, 3.05) is 39.8 Å². The minimum atomic E-state index is -4.68. The highest BCUT2D eigenvalue weighted by molar-refractivity contribution is 7.89. The Labute approximate surface area is 199 Å². The first-order chi connectivity index (χ1) is 15.9. The maximum Gasteiger partial charge on any atom is 0.402 e. The van der Waals surface area contributed by atoms with Crippen LogP contribution < -0.4 is 4.74 Å². The van der Waals surface area contributed by atoms with E-state index in [1.165, 1.54) is 31.4 Å². The van der Waals surface area contributed by atoms with Gasteiger partial charge in [0, 0.05) is 44.2 Å². The third kappa shape index (κ3) is 6.42. The smallest absolute Gasteiger partial charge is 0.402 e. The van der Waals surface area contributed by atoms with Gasteiger partial charge in [-0.15, -0.1) is 0 Å². The number of benzene rings is 1. The van der Waals surface area contributed by atoms with Gasteiger partial charge in [-0.3, -0.25) is 9.69 Å². The first-order valence-corrected chi connectivity index (χ1v) is 13.1. The van der Waals surface area contributed by atoms with E-state index in [0.29, 0.717) is 42.0 Å². The van der Waals surface area contributed by atoms with Crippen molar-refractivity contribution in [1.82, 2.24) is 14.1 Å². The van der Waals surface area contributed by atoms with Gasteiger partial charge in [0.2, 0.25) is 15.9 Å². The van der Waals surface area contributed by atoms with Crippen LogP contribution >= 0.6 is 0 Å². The molecule has 7 nitrogen and oxygen atoms in total. The lowest BCUT2D eigenvalue weighted by Crippen LogP contribution is -2.53. The van der Waals surface area contributed by atoms with E-state index in [2.05, 4.69) is 18.7 Å². The number of sulfonamides is 1. The minimum Gasteiger partial charge on any atom is -0.497 e. The van der Waals surface area contributed by atoms with Crippen molar-refractivity contribution in [2.24, 2.45) is 5.92 Å². The summed E-state index contributed by atoms with van der Waals surface area (Å²) in [6.07, 6.45) is -3.50. The van der Waals surface area contributed by atoms with Crippen LogP contribution in [0.1, 0.15) is 39.5 Å². The Morgan fingerprint density at radius 2 is 1.62 bits per heavy atom. The Morgan fingerprint density at radius 1 is 1.06 bits per heavy atom. The molecule has 2 aliphatic rings. The molecule has 1 aliphatic heterocycles. The highest BCUT2D eigenvalue weighted by Gasteiger charge is 2.43. The number of methoxy groups -OCH3 is 1. The Bertz CT molecular complexity index is 922. The van der Waals surface area contributed by atoms with E-state index in [4.69, 9.17) is 4.74 Å². The van der Waals surface area contributed by atoms with Gasteiger partial charge < -0.3 is 9.64 Å². The molecule has 34 heavy (non-hydrogen) atoms. The molecule has 11 heteroatoms. The number of rotatable bonds is 7. The Kier molecular flexibility index (Phi) is 8.51. The Balaban J connectivity index is 1.68. The van der Waals surface area contributed by atoms with Gasteiger partial charge in [0.1, 0.15) is 12.3 Å². The van der Waals surface area contributed by atoms with Crippen molar-refractivity contribution < 1.29 is 31.1 Å². The van der Waals surface area contributed by atoms with Crippen molar-refractivity contribution >= 4 is 15.9 Å². The van der Waals surface area contributed by atoms with Crippen LogP contribution in [0.25, 0.3) is 0 Å². The van der Waals surface area contributed by atoms with Gasteiger partial charge in [-0.05, 0) is 63.8 Å². The summed E-state index contributed by atoms with van der Waals surface area (Å²) in [5.41, 5.74) is 0. The summed E-state index contributed by atoms with van der Waals surface area (Å²) >= 11 is 0. The fourth-order valence-corrected chi connectivity index (χ4v) is 6.47. The van der Waals surface area contributed by atoms with E-state index in [0.717, 1.165) is 13.1 Å². The number of piperazine rings is 1. The van der Waals surface area contributed by atoms with Gasteiger partial charge in [-0.2, -0.15) is 17.5 Å². The van der Waals surface area contributed by atoms with E-state index in [1.54, 1.807) is 0 Å². The van der Waals surface area contributed by atoms with Gasteiger partial charge in [-0.25, -0.2) is 8.42 Å². The molecule has 0 aromatic heterocycles. The van der Waals surface area contributed by atoms with Crippen LogP contribution in [0.15, 0.2) is 29.2 Å². The monoisotopic (exact) mass is 505 g/mol. The van der Waals surface area contributed by atoms with Crippen LogP contribution in [0.3, 0.4) is 0 Å². The number of carbonyl (C=O) groups excluding carboxylic acids is 1. The maximum atomic E-state index is 13.4. The number of hydrogen-bond donors (Lipinski definition) is 0. The molecule has 1 heterocycles. The number of hydrogen-bond acceptors (Lipinski definition) is 5. The summed E-state index contributed by atoms with van der Waals surface area (Å²) in [5.74, 6) is 0.162. The summed E-state index contributed by atoms with van der Waals surface area (Å²) in [6, 6.07) is 4.93. The van der Waals surface area contributed by atoms with E-state index in [1.807, 2.05) is 4.90 Å². The number of alkyl halides is 3. The average molecular weight is 506 g/mol. The van der Waals surface area contributed by atoms with Crippen molar-refractivity contribution in [2.45, 2.75) is 62.7 Å². The first-order valence-electron chi connectivity index (χ1n) is 11.7. The molecule has 1 aliphatic carbocycles. The van der Waals surface area contributed by atoms with Crippen molar-refractivity contribution in [3.8, 4) is 5.75 Å². The molecular formula is C23H34F3N3O4S. The van der Waals surface area contributed by atoms with E-state index in [9.17, 15) is 26.4 Å². The van der Waals surface area contributed by atoms with Gasteiger partial charge in [0.05, 0.1) is 12.0 Å². The summed E-state index contributed by atoms with van der Waals surface area (Å²) in [6.45, 7) is 5.57. The summed E-state index contributed by atoms with van der Waals surface area (Å²) in [5, 5.41) is 0. The third-order valence-electron chi connectivity index (χ3n) is 6.81. The molecule has 0 atom stereocenters. The minimum absolute atomic E-state index is 0.0299. The van der Waals surface area contributed by atoms with Crippen LogP contribution in [0.2, 0.25) is 0 Å². The molecule has 0 spiro atoms. The van der Waals surface area contributed by atoms with Gasteiger partial charge in [0.15, 0.2) is 0 Å². The van der Waals surface area contributed by atoms with Gasteiger partial charge in [-0.1, -0.05) is 0 Å². The predicted octanol–water partition coefficient (Wildman–Crippen LogP) is 3.36. The molecule has 0 radical (unpaired) electrons. The second-order valence-electron chi connectivity index (χ2n) is 9.30. The Morgan fingerprint density at radius 3 is 2.09 bits per heavy atom. The van der Waals surface area contributed by atoms with Crippen molar-refractivity contribution in [3.63, 3.8) is 0 Å². The normalized spacial score (nSPS) is 22.9. The molecule has 1 aromatic carbocycles. The lowest BCUT2D eigenvalue weighted by atomic mass is 9.85. The zero-order valence-electron chi connectivity index (χ0n) is 19.9. The zero-order valence-corrected chi connectivity index (χ0v) is 20.7. The highest BCUT2D eigenvalue weighted by atomic mass is 32.2. The predicted molar refractivity (Wildman–Crippen MR) is 122 cm³/mol. The standard InChI is InChI=1S/C23H34F3N3O4S/c1-17(2)27-12-14-28(15-13-27)22(30)18-4-6-19(7-5-18)29(16-23(24,25)26)34(31,32)21-10-8-20(33-3)9-11-21/h8-11,17-19H,4-7,12-16H2,1-3H3/t18-,19-. The van der Waals surface area contributed by atoms with Crippen LogP contribution in [-0.2, 0) is 14.8 Å². The van der Waals surface area contributed by atoms with Crippen molar-refractivity contribution in [3.05, 3.63) is 24.3 Å². The molecule has 0 bridgehead atoms. The van der Waals surface area contributed by atoms with Gasteiger partial charge in [0.25, 0.3) is 0 Å². The average Bonchev–Trinajstić information content (AvgIpc) is 2.81. The molecule has 1 amide bonds. The van der Waals surface area contributed by atoms with Gasteiger partial charge >= 0.3 is 6.18 Å². The fourth-order valence-electron chi connectivity index (χ4n) is 4.80. The SMILES string of the molecule is COc1ccc(S(=O)(=O)N(CC(F)(F)F)[C@H]2CC[C@H](C(=O)N3CCN(C(C)C)CC3)CC2)cc1. The lowest BCUT2D eigenvalue weighted by molar-refractivity contribution is -0.144. The summed E-state index contributed by atoms with van der Waals surface area (Å²) < 4.78 is 72.0. The fraction of sp³-hybridized carbons (Fsp3) is 0.696. The first kappa shape index (κ1) is 26.7. The van der Waals surface area contributed by atoms with Crippen molar-refractivity contribution in [1.29, 1.82) is 0 Å². The summed E-state index contributed by atoms with van der Waals surface area (Å²) in [7, 11) is -2.95. The third-order valence-corrected chi connectivity index (χ3v) is 8.72. The van der Waals surface area contributed by atoms with E-state index < -0.39 is 28.8 Å². The largest absolute Gasteiger partial charge is 0.497 e. The number of carbonyl (C=O) groups is 1. The molecule has 3 rings (SSSR count). The maximum absolute atomic E-state index is 13.4. The Hall–Kier alpha value is -1.85. The number of halogens is 3. The van der Waals surface area contributed by atoms with Crippen LogP contribution in [-0.4, -0.2) is 86.5 Å². The molecule has 1 saturated heterocycles. The van der Waals surface area contributed by atoms with Crippen LogP contribution in [0.4, 0.5) is 13.2 Å². The second kappa shape index (κ2) is 10.8. The molecule has 192 valence electrons. The van der Waals surface area contributed by atoms with Crippen LogP contribution in [0, 0.1) is 5.92 Å². The molecular weight excluding hydrogens is 471 g/mol. The highest BCUT2D eigenvalue weighted by Crippen LogP contribution is 2.34. The number of amides is 1. The molecule has 1 saturated carbocycles. The molecule has 0 N–H and O–H groups in total. The number of nitrogens with zero attached hydrogens (tertiary/aromatic N) is 3. The van der Waals surface area contributed by atoms with E-state index >= 15 is 0 Å². The number of ether oxygens (including phenoxy) is 1.